The van der Waals surface area contributed by atoms with Crippen LogP contribution in [0.5, 0.6) is 0 Å². The highest BCUT2D eigenvalue weighted by Gasteiger charge is 2.13. The van der Waals surface area contributed by atoms with Gasteiger partial charge >= 0.3 is 0 Å². The minimum atomic E-state index is -0.543. The fraction of sp³-hybridized carbons (Fsp3) is 0.286. The number of nitrogens with zero attached hydrogens (tertiary/aromatic N) is 2. The van der Waals surface area contributed by atoms with Crippen LogP contribution in [0.1, 0.15) is 30.0 Å². The number of aromatic nitrogens is 2. The van der Waals surface area contributed by atoms with Gasteiger partial charge in [0.05, 0.1) is 16.6 Å². The first-order valence-electron chi connectivity index (χ1n) is 9.15. The van der Waals surface area contributed by atoms with E-state index in [0.717, 1.165) is 16.9 Å². The highest BCUT2D eigenvalue weighted by molar-refractivity contribution is 5.95. The number of halogens is 1. The summed E-state index contributed by atoms with van der Waals surface area (Å²) in [5.41, 5.74) is 2.42. The molecule has 0 aliphatic heterocycles. The van der Waals surface area contributed by atoms with Crippen LogP contribution in [0.2, 0.25) is 0 Å². The van der Waals surface area contributed by atoms with Gasteiger partial charge in [-0.1, -0.05) is 26.0 Å². The number of rotatable bonds is 6. The van der Waals surface area contributed by atoms with Crippen LogP contribution < -0.4 is 10.6 Å². The molecule has 0 aliphatic carbocycles. The van der Waals surface area contributed by atoms with Gasteiger partial charge in [0.15, 0.2) is 0 Å². The zero-order chi connectivity index (χ0) is 20.3. The average molecular weight is 382 g/mol. The van der Waals surface area contributed by atoms with E-state index >= 15 is 0 Å². The molecule has 0 atom stereocenters. The Hall–Kier alpha value is -3.22. The van der Waals surface area contributed by atoms with E-state index in [1.54, 1.807) is 12.1 Å². The van der Waals surface area contributed by atoms with Crippen molar-refractivity contribution in [2.24, 2.45) is 13.0 Å². The molecule has 0 unspecified atom stereocenters. The molecular weight excluding hydrogens is 359 g/mol. The Kier molecular flexibility index (Phi) is 5.73. The number of carbonyl (C=O) groups excluding carboxylic acids is 2. The third kappa shape index (κ3) is 4.19. The van der Waals surface area contributed by atoms with Crippen molar-refractivity contribution in [3.05, 3.63) is 59.7 Å². The fourth-order valence-corrected chi connectivity index (χ4v) is 2.87. The third-order valence-corrected chi connectivity index (χ3v) is 4.52. The average Bonchev–Trinajstić information content (AvgIpc) is 2.97. The lowest BCUT2D eigenvalue weighted by Gasteiger charge is -2.07. The number of imidazole rings is 1. The first kappa shape index (κ1) is 19.5. The van der Waals surface area contributed by atoms with E-state index in [0.29, 0.717) is 18.7 Å². The predicted molar refractivity (Wildman–Crippen MR) is 107 cm³/mol. The molecule has 1 aromatic heterocycles. The lowest BCUT2D eigenvalue weighted by atomic mass is 10.2. The van der Waals surface area contributed by atoms with Gasteiger partial charge in [-0.25, -0.2) is 9.37 Å². The number of carbonyl (C=O) groups is 2. The maximum atomic E-state index is 13.7. The SMILES string of the molecule is CC(C)C(=O)Nc1ccc2c(c1)nc(CCNC(=O)c1ccccc1F)n2C. The molecule has 0 bridgehead atoms. The molecule has 1 heterocycles. The first-order valence-corrected chi connectivity index (χ1v) is 9.15. The Bertz CT molecular complexity index is 1030. The molecule has 28 heavy (non-hydrogen) atoms. The Morgan fingerprint density at radius 3 is 2.64 bits per heavy atom. The molecular formula is C21H23FN4O2. The number of benzene rings is 2. The fourth-order valence-electron chi connectivity index (χ4n) is 2.87. The molecule has 3 aromatic rings. The van der Waals surface area contributed by atoms with Crippen LogP contribution in [0.4, 0.5) is 10.1 Å². The van der Waals surface area contributed by atoms with Crippen molar-refractivity contribution in [3.8, 4) is 0 Å². The lowest BCUT2D eigenvalue weighted by Crippen LogP contribution is -2.27. The van der Waals surface area contributed by atoms with Crippen LogP contribution in [-0.4, -0.2) is 27.9 Å². The summed E-state index contributed by atoms with van der Waals surface area (Å²) >= 11 is 0. The van der Waals surface area contributed by atoms with Crippen molar-refractivity contribution in [3.63, 3.8) is 0 Å². The standard InChI is InChI=1S/C21H23FN4O2/c1-13(2)20(27)24-14-8-9-18-17(12-14)25-19(26(18)3)10-11-23-21(28)15-6-4-5-7-16(15)22/h4-9,12-13H,10-11H2,1-3H3,(H,23,28)(H,24,27). The molecule has 0 spiro atoms. The van der Waals surface area contributed by atoms with E-state index in [1.807, 2.05) is 43.7 Å². The number of aryl methyl sites for hydroxylation is 1. The third-order valence-electron chi connectivity index (χ3n) is 4.52. The van der Waals surface area contributed by atoms with Gasteiger partial charge in [0.25, 0.3) is 5.91 Å². The smallest absolute Gasteiger partial charge is 0.254 e. The summed E-state index contributed by atoms with van der Waals surface area (Å²) in [6.07, 6.45) is 0.499. The van der Waals surface area contributed by atoms with E-state index in [9.17, 15) is 14.0 Å². The normalized spacial score (nSPS) is 11.0. The number of hydrogen-bond donors (Lipinski definition) is 2. The maximum absolute atomic E-state index is 13.7. The van der Waals surface area contributed by atoms with Crippen molar-refractivity contribution in [2.75, 3.05) is 11.9 Å². The Labute approximate surface area is 162 Å². The molecule has 0 fully saturated rings. The van der Waals surface area contributed by atoms with Gasteiger partial charge in [0, 0.05) is 31.6 Å². The van der Waals surface area contributed by atoms with Gasteiger partial charge < -0.3 is 15.2 Å². The van der Waals surface area contributed by atoms with Crippen LogP contribution in [-0.2, 0) is 18.3 Å². The van der Waals surface area contributed by atoms with E-state index < -0.39 is 11.7 Å². The quantitative estimate of drug-likeness (QED) is 0.687. The van der Waals surface area contributed by atoms with Crippen molar-refractivity contribution in [1.82, 2.24) is 14.9 Å². The summed E-state index contributed by atoms with van der Waals surface area (Å²) in [5.74, 6) is -0.357. The largest absolute Gasteiger partial charge is 0.351 e. The molecule has 7 heteroatoms. The summed E-state index contributed by atoms with van der Waals surface area (Å²) in [6.45, 7) is 4.01. The Balaban J connectivity index is 1.68. The van der Waals surface area contributed by atoms with Crippen molar-refractivity contribution in [2.45, 2.75) is 20.3 Å². The minimum absolute atomic E-state index is 0.0260. The van der Waals surface area contributed by atoms with Crippen LogP contribution in [0.3, 0.4) is 0 Å². The molecule has 0 aliphatic rings. The molecule has 0 saturated heterocycles. The lowest BCUT2D eigenvalue weighted by molar-refractivity contribution is -0.118. The van der Waals surface area contributed by atoms with Gasteiger partial charge in [0.2, 0.25) is 5.91 Å². The van der Waals surface area contributed by atoms with Gasteiger partial charge in [0.1, 0.15) is 11.6 Å². The number of fused-ring (bicyclic) bond motifs is 1. The van der Waals surface area contributed by atoms with Gasteiger partial charge in [-0.05, 0) is 30.3 Å². The molecule has 2 N–H and O–H groups in total. The first-order chi connectivity index (χ1) is 13.4. The molecule has 3 rings (SSSR count). The molecule has 146 valence electrons. The van der Waals surface area contributed by atoms with Gasteiger partial charge in [-0.2, -0.15) is 0 Å². The summed E-state index contributed by atoms with van der Waals surface area (Å²) in [7, 11) is 1.90. The summed E-state index contributed by atoms with van der Waals surface area (Å²) in [4.78, 5) is 28.6. The van der Waals surface area contributed by atoms with Crippen molar-refractivity contribution >= 4 is 28.5 Å². The molecule has 2 aromatic carbocycles. The Morgan fingerprint density at radius 1 is 1.18 bits per heavy atom. The molecule has 6 nitrogen and oxygen atoms in total. The number of nitrogens with one attached hydrogen (secondary N) is 2. The van der Waals surface area contributed by atoms with Crippen LogP contribution in [0.25, 0.3) is 11.0 Å². The molecule has 2 amide bonds. The second-order valence-corrected chi connectivity index (χ2v) is 6.92. The van der Waals surface area contributed by atoms with E-state index in [4.69, 9.17) is 0 Å². The Morgan fingerprint density at radius 2 is 1.93 bits per heavy atom. The summed E-state index contributed by atoms with van der Waals surface area (Å²) < 4.78 is 15.6. The highest BCUT2D eigenvalue weighted by atomic mass is 19.1. The van der Waals surface area contributed by atoms with Crippen molar-refractivity contribution < 1.29 is 14.0 Å². The maximum Gasteiger partial charge on any atom is 0.254 e. The van der Waals surface area contributed by atoms with Gasteiger partial charge in [-0.15, -0.1) is 0 Å². The van der Waals surface area contributed by atoms with Crippen LogP contribution in [0, 0.1) is 11.7 Å². The van der Waals surface area contributed by atoms with Crippen LogP contribution >= 0.6 is 0 Å². The second-order valence-electron chi connectivity index (χ2n) is 6.92. The second kappa shape index (κ2) is 8.21. The molecule has 0 radical (unpaired) electrons. The topological polar surface area (TPSA) is 76.0 Å². The van der Waals surface area contributed by atoms with E-state index in [1.165, 1.54) is 12.1 Å². The number of anilines is 1. The zero-order valence-corrected chi connectivity index (χ0v) is 16.1. The molecule has 0 saturated carbocycles. The predicted octanol–water partition coefficient (Wildman–Crippen LogP) is 3.28. The monoisotopic (exact) mass is 382 g/mol. The van der Waals surface area contributed by atoms with Gasteiger partial charge in [-0.3, -0.25) is 9.59 Å². The highest BCUT2D eigenvalue weighted by Crippen LogP contribution is 2.20. The van der Waals surface area contributed by atoms with E-state index in [-0.39, 0.29) is 17.4 Å². The number of amides is 2. The van der Waals surface area contributed by atoms with Crippen molar-refractivity contribution in [1.29, 1.82) is 0 Å². The summed E-state index contributed by atoms with van der Waals surface area (Å²) in [6, 6.07) is 11.5. The van der Waals surface area contributed by atoms with E-state index in [2.05, 4.69) is 15.6 Å². The summed E-state index contributed by atoms with van der Waals surface area (Å²) in [5, 5.41) is 5.58. The van der Waals surface area contributed by atoms with Crippen LogP contribution in [0.15, 0.2) is 42.5 Å². The minimum Gasteiger partial charge on any atom is -0.351 e. The zero-order valence-electron chi connectivity index (χ0n) is 16.1. The number of hydrogen-bond acceptors (Lipinski definition) is 3.